The third-order valence-electron chi connectivity index (χ3n) is 4.59. The number of benzene rings is 2. The van der Waals surface area contributed by atoms with Crippen molar-refractivity contribution in [1.29, 1.82) is 0 Å². The van der Waals surface area contributed by atoms with E-state index in [0.29, 0.717) is 6.61 Å². The minimum Gasteiger partial charge on any atom is -0.465 e. The molecule has 1 atom stereocenters. The number of unbranched alkanes of at least 4 members (excludes halogenated alkanes) is 6. The van der Waals surface area contributed by atoms with Crippen LogP contribution < -0.4 is 4.74 Å². The Morgan fingerprint density at radius 2 is 1.35 bits per heavy atom. The van der Waals surface area contributed by atoms with Crippen molar-refractivity contribution in [2.24, 2.45) is 0 Å². The van der Waals surface area contributed by atoms with Gasteiger partial charge in [0.05, 0.1) is 6.61 Å². The molecule has 0 saturated carbocycles. The highest BCUT2D eigenvalue weighted by Crippen LogP contribution is 2.17. The molecule has 2 rings (SSSR count). The molecule has 0 N–H and O–H groups in total. The molecule has 0 aliphatic heterocycles. The molecule has 2 aromatic rings. The zero-order valence-corrected chi connectivity index (χ0v) is 16.2. The van der Waals surface area contributed by atoms with Crippen LogP contribution in [0.25, 0.3) is 0 Å². The number of ether oxygens (including phenoxy) is 2. The van der Waals surface area contributed by atoms with E-state index in [9.17, 15) is 0 Å². The second kappa shape index (κ2) is 13.4. The highest BCUT2D eigenvalue weighted by Gasteiger charge is 2.11. The van der Waals surface area contributed by atoms with Crippen LogP contribution in [0.3, 0.4) is 0 Å². The Morgan fingerprint density at radius 1 is 0.731 bits per heavy atom. The third-order valence-corrected chi connectivity index (χ3v) is 4.59. The molecule has 0 bridgehead atoms. The van der Waals surface area contributed by atoms with Crippen LogP contribution in [0.15, 0.2) is 60.7 Å². The van der Waals surface area contributed by atoms with Crippen molar-refractivity contribution in [1.82, 2.24) is 0 Å². The summed E-state index contributed by atoms with van der Waals surface area (Å²) in [6.45, 7) is 2.95. The number of hydrogen-bond donors (Lipinski definition) is 0. The average Bonchev–Trinajstić information content (AvgIpc) is 2.69. The summed E-state index contributed by atoms with van der Waals surface area (Å²) in [7, 11) is 0. The van der Waals surface area contributed by atoms with Gasteiger partial charge < -0.3 is 9.47 Å². The van der Waals surface area contributed by atoms with E-state index in [4.69, 9.17) is 9.47 Å². The largest absolute Gasteiger partial charge is 0.465 e. The first kappa shape index (κ1) is 20.5. The molecule has 2 nitrogen and oxygen atoms in total. The number of para-hydroxylation sites is 1. The van der Waals surface area contributed by atoms with Gasteiger partial charge in [0, 0.05) is 6.42 Å². The second-order valence-electron chi connectivity index (χ2n) is 6.88. The topological polar surface area (TPSA) is 18.5 Å². The first-order valence-corrected chi connectivity index (χ1v) is 10.3. The van der Waals surface area contributed by atoms with Crippen molar-refractivity contribution < 1.29 is 9.47 Å². The third kappa shape index (κ3) is 9.05. The summed E-state index contributed by atoms with van der Waals surface area (Å²) in [4.78, 5) is 0. The van der Waals surface area contributed by atoms with Gasteiger partial charge in [-0.15, -0.1) is 0 Å². The van der Waals surface area contributed by atoms with Crippen LogP contribution >= 0.6 is 0 Å². The molecule has 0 spiro atoms. The van der Waals surface area contributed by atoms with Crippen LogP contribution in [0.2, 0.25) is 0 Å². The van der Waals surface area contributed by atoms with Crippen molar-refractivity contribution in [3.05, 3.63) is 66.2 Å². The summed E-state index contributed by atoms with van der Waals surface area (Å²) in [6, 6.07) is 20.5. The molecule has 0 aliphatic rings. The Kier molecular flexibility index (Phi) is 10.6. The lowest BCUT2D eigenvalue weighted by Gasteiger charge is -2.20. The standard InChI is InChI=1S/C24H34O2/c1-2-3-4-5-6-7-14-19-24(26-23-17-12-9-13-18-23)25-21-20-22-15-10-8-11-16-22/h8-13,15-18,24H,2-7,14,19-21H2,1H3. The molecule has 2 heteroatoms. The molecular weight excluding hydrogens is 320 g/mol. The molecule has 0 aliphatic carbocycles. The molecule has 2 aromatic carbocycles. The average molecular weight is 355 g/mol. The predicted octanol–water partition coefficient (Wildman–Crippen LogP) is 6.79. The van der Waals surface area contributed by atoms with Crippen LogP contribution in [0, 0.1) is 0 Å². The maximum Gasteiger partial charge on any atom is 0.199 e. The first-order valence-electron chi connectivity index (χ1n) is 10.3. The summed E-state index contributed by atoms with van der Waals surface area (Å²) in [5, 5.41) is 0. The van der Waals surface area contributed by atoms with Gasteiger partial charge in [0.2, 0.25) is 0 Å². The summed E-state index contributed by atoms with van der Waals surface area (Å²) in [5.41, 5.74) is 1.31. The van der Waals surface area contributed by atoms with Gasteiger partial charge in [0.1, 0.15) is 5.75 Å². The normalized spacial score (nSPS) is 12.0. The Labute approximate surface area is 159 Å². The molecule has 0 saturated heterocycles. The zero-order chi connectivity index (χ0) is 18.3. The molecule has 0 heterocycles. The van der Waals surface area contributed by atoms with E-state index in [1.54, 1.807) is 0 Å². The van der Waals surface area contributed by atoms with Crippen molar-refractivity contribution in [2.75, 3.05) is 6.61 Å². The van der Waals surface area contributed by atoms with Crippen molar-refractivity contribution >= 4 is 0 Å². The van der Waals surface area contributed by atoms with Crippen LogP contribution in [-0.2, 0) is 11.2 Å². The molecule has 142 valence electrons. The molecule has 26 heavy (non-hydrogen) atoms. The Balaban J connectivity index is 1.72. The van der Waals surface area contributed by atoms with E-state index >= 15 is 0 Å². The highest BCUT2D eigenvalue weighted by atomic mass is 16.7. The quantitative estimate of drug-likeness (QED) is 0.274. The Bertz CT molecular complexity index is 553. The summed E-state index contributed by atoms with van der Waals surface area (Å²) >= 11 is 0. The van der Waals surface area contributed by atoms with Gasteiger partial charge in [-0.25, -0.2) is 0 Å². The fourth-order valence-electron chi connectivity index (χ4n) is 3.05. The number of hydrogen-bond acceptors (Lipinski definition) is 2. The lowest BCUT2D eigenvalue weighted by Crippen LogP contribution is -2.22. The van der Waals surface area contributed by atoms with Gasteiger partial charge in [-0.1, -0.05) is 94.0 Å². The second-order valence-corrected chi connectivity index (χ2v) is 6.88. The predicted molar refractivity (Wildman–Crippen MR) is 110 cm³/mol. The fraction of sp³-hybridized carbons (Fsp3) is 0.500. The van der Waals surface area contributed by atoms with Gasteiger partial charge in [-0.2, -0.15) is 0 Å². The summed E-state index contributed by atoms with van der Waals surface area (Å²) in [6.07, 6.45) is 10.9. The minimum atomic E-state index is -0.156. The Morgan fingerprint density at radius 3 is 2.04 bits per heavy atom. The zero-order valence-electron chi connectivity index (χ0n) is 16.2. The smallest absolute Gasteiger partial charge is 0.199 e. The minimum absolute atomic E-state index is 0.156. The van der Waals surface area contributed by atoms with E-state index in [1.165, 1.54) is 44.1 Å². The fourth-order valence-corrected chi connectivity index (χ4v) is 3.05. The number of rotatable bonds is 14. The van der Waals surface area contributed by atoms with Gasteiger partial charge in [0.25, 0.3) is 0 Å². The maximum absolute atomic E-state index is 6.08. The van der Waals surface area contributed by atoms with Gasteiger partial charge >= 0.3 is 0 Å². The van der Waals surface area contributed by atoms with Crippen LogP contribution in [0.1, 0.15) is 63.9 Å². The highest BCUT2D eigenvalue weighted by molar-refractivity contribution is 5.21. The van der Waals surface area contributed by atoms with E-state index in [-0.39, 0.29) is 6.29 Å². The van der Waals surface area contributed by atoms with Crippen molar-refractivity contribution in [3.8, 4) is 5.75 Å². The summed E-state index contributed by atoms with van der Waals surface area (Å²) < 4.78 is 12.1. The van der Waals surface area contributed by atoms with Crippen LogP contribution in [0.4, 0.5) is 0 Å². The lowest BCUT2D eigenvalue weighted by atomic mass is 10.1. The molecule has 0 amide bonds. The van der Waals surface area contributed by atoms with E-state index in [0.717, 1.165) is 25.0 Å². The molecule has 0 fully saturated rings. The monoisotopic (exact) mass is 354 g/mol. The van der Waals surface area contributed by atoms with E-state index in [1.807, 2.05) is 36.4 Å². The van der Waals surface area contributed by atoms with Gasteiger partial charge in [0.15, 0.2) is 6.29 Å². The van der Waals surface area contributed by atoms with E-state index in [2.05, 4.69) is 31.2 Å². The summed E-state index contributed by atoms with van der Waals surface area (Å²) in [5.74, 6) is 0.889. The Hall–Kier alpha value is -1.80. The lowest BCUT2D eigenvalue weighted by molar-refractivity contribution is -0.0845. The van der Waals surface area contributed by atoms with Crippen LogP contribution in [-0.4, -0.2) is 12.9 Å². The first-order chi connectivity index (χ1) is 12.9. The van der Waals surface area contributed by atoms with Crippen molar-refractivity contribution in [3.63, 3.8) is 0 Å². The van der Waals surface area contributed by atoms with Gasteiger partial charge in [-0.05, 0) is 30.5 Å². The van der Waals surface area contributed by atoms with Crippen LogP contribution in [0.5, 0.6) is 5.75 Å². The maximum atomic E-state index is 6.08. The van der Waals surface area contributed by atoms with Crippen molar-refractivity contribution in [2.45, 2.75) is 71.0 Å². The van der Waals surface area contributed by atoms with Gasteiger partial charge in [-0.3, -0.25) is 0 Å². The van der Waals surface area contributed by atoms with E-state index < -0.39 is 0 Å². The molecule has 0 radical (unpaired) electrons. The molecule has 0 aromatic heterocycles. The molecular formula is C24H34O2. The molecule has 1 unspecified atom stereocenters. The SMILES string of the molecule is CCCCCCCCCC(OCCc1ccccc1)Oc1ccccc1.